The maximum absolute atomic E-state index is 11.9. The van der Waals surface area contributed by atoms with Gasteiger partial charge in [0.25, 0.3) is 0 Å². The second-order valence-electron chi connectivity index (χ2n) is 4.11. The molecule has 1 aromatic heterocycles. The maximum atomic E-state index is 11.9. The Kier molecular flexibility index (Phi) is 4.39. The Labute approximate surface area is 120 Å². The van der Waals surface area contributed by atoms with Crippen molar-refractivity contribution in [1.29, 1.82) is 0 Å². The van der Waals surface area contributed by atoms with Crippen LogP contribution in [0.4, 0.5) is 5.69 Å². The van der Waals surface area contributed by atoms with Crippen LogP contribution in [0.1, 0.15) is 19.4 Å². The Hall–Kier alpha value is -1.59. The van der Waals surface area contributed by atoms with Crippen molar-refractivity contribution >= 4 is 34.8 Å². The van der Waals surface area contributed by atoms with Gasteiger partial charge in [-0.15, -0.1) is 0 Å². The summed E-state index contributed by atoms with van der Waals surface area (Å²) in [6.45, 7) is 1.89. The molecule has 0 aliphatic heterocycles. The number of benzene rings is 1. The van der Waals surface area contributed by atoms with Gasteiger partial charge in [-0.1, -0.05) is 23.2 Å². The van der Waals surface area contributed by atoms with Gasteiger partial charge < -0.3 is 5.32 Å². The molecular weight excluding hydrogens is 287 g/mol. The predicted molar refractivity (Wildman–Crippen MR) is 74.4 cm³/mol. The number of hydrogen-bond donors (Lipinski definition) is 1. The van der Waals surface area contributed by atoms with Crippen molar-refractivity contribution in [3.63, 3.8) is 0 Å². The van der Waals surface area contributed by atoms with Crippen molar-refractivity contribution in [3.8, 4) is 0 Å². The van der Waals surface area contributed by atoms with E-state index in [9.17, 15) is 4.79 Å². The third-order valence-electron chi connectivity index (χ3n) is 2.57. The minimum Gasteiger partial charge on any atom is -0.326 e. The molecule has 7 heteroatoms. The summed E-state index contributed by atoms with van der Waals surface area (Å²) in [5, 5.41) is 7.61. The van der Waals surface area contributed by atoms with E-state index in [4.69, 9.17) is 23.2 Å². The van der Waals surface area contributed by atoms with Gasteiger partial charge in [0.2, 0.25) is 5.91 Å². The van der Waals surface area contributed by atoms with Gasteiger partial charge in [0.15, 0.2) is 0 Å². The highest BCUT2D eigenvalue weighted by atomic mass is 35.5. The van der Waals surface area contributed by atoms with Crippen LogP contribution < -0.4 is 5.32 Å². The molecule has 0 saturated heterocycles. The lowest BCUT2D eigenvalue weighted by molar-refractivity contribution is -0.116. The first kappa shape index (κ1) is 13.8. The monoisotopic (exact) mass is 298 g/mol. The van der Waals surface area contributed by atoms with E-state index in [1.165, 1.54) is 6.33 Å². The third kappa shape index (κ3) is 3.68. The molecule has 0 radical (unpaired) electrons. The SMILES string of the molecule is CC(CC(=O)Nc1ccc(Cl)c(Cl)c1)n1cncn1. The molecule has 0 fully saturated rings. The number of nitrogens with zero attached hydrogens (tertiary/aromatic N) is 3. The van der Waals surface area contributed by atoms with Crippen LogP contribution in [0.25, 0.3) is 0 Å². The van der Waals surface area contributed by atoms with Crippen molar-refractivity contribution in [2.75, 3.05) is 5.32 Å². The van der Waals surface area contributed by atoms with Gasteiger partial charge in [-0.2, -0.15) is 5.10 Å². The molecule has 1 amide bonds. The summed E-state index contributed by atoms with van der Waals surface area (Å²) in [5.74, 6) is -0.124. The van der Waals surface area contributed by atoms with Crippen LogP contribution in [0.2, 0.25) is 10.0 Å². The topological polar surface area (TPSA) is 59.8 Å². The summed E-state index contributed by atoms with van der Waals surface area (Å²) in [6, 6.07) is 4.89. The van der Waals surface area contributed by atoms with E-state index >= 15 is 0 Å². The highest BCUT2D eigenvalue weighted by Crippen LogP contribution is 2.25. The summed E-state index contributed by atoms with van der Waals surface area (Å²) in [4.78, 5) is 15.7. The molecule has 0 aliphatic rings. The summed E-state index contributed by atoms with van der Waals surface area (Å²) in [7, 11) is 0. The van der Waals surface area contributed by atoms with E-state index in [1.54, 1.807) is 29.2 Å². The first-order valence-corrected chi connectivity index (χ1v) is 6.41. The zero-order valence-corrected chi connectivity index (χ0v) is 11.7. The molecule has 2 rings (SSSR count). The van der Waals surface area contributed by atoms with Crippen molar-refractivity contribution in [1.82, 2.24) is 14.8 Å². The van der Waals surface area contributed by atoms with Crippen LogP contribution in [0.3, 0.4) is 0 Å². The van der Waals surface area contributed by atoms with Crippen LogP contribution in [0.15, 0.2) is 30.9 Å². The van der Waals surface area contributed by atoms with Crippen molar-refractivity contribution in [3.05, 3.63) is 40.9 Å². The fourth-order valence-corrected chi connectivity index (χ4v) is 1.89. The summed E-state index contributed by atoms with van der Waals surface area (Å²) >= 11 is 11.7. The molecule has 0 spiro atoms. The largest absolute Gasteiger partial charge is 0.326 e. The lowest BCUT2D eigenvalue weighted by atomic mass is 10.2. The second-order valence-corrected chi connectivity index (χ2v) is 4.92. The highest BCUT2D eigenvalue weighted by molar-refractivity contribution is 6.42. The van der Waals surface area contributed by atoms with Gasteiger partial charge in [0.05, 0.1) is 16.1 Å². The molecule has 1 unspecified atom stereocenters. The Balaban J connectivity index is 1.95. The van der Waals surface area contributed by atoms with Gasteiger partial charge >= 0.3 is 0 Å². The van der Waals surface area contributed by atoms with E-state index in [2.05, 4.69) is 15.4 Å². The van der Waals surface area contributed by atoms with Crippen molar-refractivity contribution in [2.45, 2.75) is 19.4 Å². The molecular formula is C12H12Cl2N4O. The number of carbonyl (C=O) groups is 1. The smallest absolute Gasteiger partial charge is 0.226 e. The number of carbonyl (C=O) groups excluding carboxylic acids is 1. The van der Waals surface area contributed by atoms with E-state index < -0.39 is 0 Å². The Morgan fingerprint density at radius 2 is 2.21 bits per heavy atom. The fourth-order valence-electron chi connectivity index (χ4n) is 1.59. The highest BCUT2D eigenvalue weighted by Gasteiger charge is 2.12. The van der Waals surface area contributed by atoms with Crippen LogP contribution in [0.5, 0.6) is 0 Å². The first-order chi connectivity index (χ1) is 9.06. The molecule has 100 valence electrons. The van der Waals surface area contributed by atoms with E-state index in [-0.39, 0.29) is 11.9 Å². The number of hydrogen-bond acceptors (Lipinski definition) is 3. The molecule has 1 atom stereocenters. The lowest BCUT2D eigenvalue weighted by Gasteiger charge is -2.11. The standard InChI is InChI=1S/C12H12Cl2N4O/c1-8(18-7-15-6-16-18)4-12(19)17-9-2-3-10(13)11(14)5-9/h2-3,5-8H,4H2,1H3,(H,17,19). The normalized spacial score (nSPS) is 12.2. The molecule has 1 aromatic carbocycles. The average molecular weight is 299 g/mol. The van der Waals surface area contributed by atoms with E-state index in [0.717, 1.165) is 0 Å². The minimum absolute atomic E-state index is 0.0646. The van der Waals surface area contributed by atoms with Gasteiger partial charge in [0.1, 0.15) is 12.7 Å². The first-order valence-electron chi connectivity index (χ1n) is 5.65. The van der Waals surface area contributed by atoms with Gasteiger partial charge in [-0.3, -0.25) is 4.79 Å². The zero-order chi connectivity index (χ0) is 13.8. The van der Waals surface area contributed by atoms with Crippen molar-refractivity contribution in [2.24, 2.45) is 0 Å². The van der Waals surface area contributed by atoms with Crippen LogP contribution >= 0.6 is 23.2 Å². The minimum atomic E-state index is -0.124. The quantitative estimate of drug-likeness (QED) is 0.943. The zero-order valence-electron chi connectivity index (χ0n) is 10.2. The molecule has 1 heterocycles. The number of amides is 1. The van der Waals surface area contributed by atoms with Crippen molar-refractivity contribution < 1.29 is 4.79 Å². The Bertz CT molecular complexity index is 571. The van der Waals surface area contributed by atoms with Gasteiger partial charge in [-0.25, -0.2) is 9.67 Å². The third-order valence-corrected chi connectivity index (χ3v) is 3.31. The Morgan fingerprint density at radius 1 is 1.42 bits per heavy atom. The molecule has 1 N–H and O–H groups in total. The molecule has 19 heavy (non-hydrogen) atoms. The fraction of sp³-hybridized carbons (Fsp3) is 0.250. The number of rotatable bonds is 4. The van der Waals surface area contributed by atoms with Crippen LogP contribution in [-0.2, 0) is 4.79 Å². The van der Waals surface area contributed by atoms with Gasteiger partial charge in [0, 0.05) is 12.1 Å². The predicted octanol–water partition coefficient (Wildman–Crippen LogP) is 3.17. The van der Waals surface area contributed by atoms with Crippen LogP contribution in [0, 0.1) is 0 Å². The summed E-state index contributed by atoms with van der Waals surface area (Å²) in [6.07, 6.45) is 3.31. The molecule has 0 aliphatic carbocycles. The number of aromatic nitrogens is 3. The summed E-state index contributed by atoms with van der Waals surface area (Å²) in [5.41, 5.74) is 0.616. The molecule has 5 nitrogen and oxygen atoms in total. The number of nitrogens with one attached hydrogen (secondary N) is 1. The molecule has 2 aromatic rings. The molecule has 0 bridgehead atoms. The Morgan fingerprint density at radius 3 is 2.84 bits per heavy atom. The average Bonchev–Trinajstić information content (AvgIpc) is 2.87. The van der Waals surface area contributed by atoms with Gasteiger partial charge in [-0.05, 0) is 25.1 Å². The number of anilines is 1. The second kappa shape index (κ2) is 6.04. The maximum Gasteiger partial charge on any atom is 0.226 e. The number of halogens is 2. The van der Waals surface area contributed by atoms with E-state index in [0.29, 0.717) is 22.2 Å². The van der Waals surface area contributed by atoms with Crippen LogP contribution in [-0.4, -0.2) is 20.7 Å². The van der Waals surface area contributed by atoms with E-state index in [1.807, 2.05) is 6.92 Å². The summed E-state index contributed by atoms with van der Waals surface area (Å²) < 4.78 is 1.63. The lowest BCUT2D eigenvalue weighted by Crippen LogP contribution is -2.17. The molecule has 0 saturated carbocycles.